The molecule has 0 fully saturated rings. The number of hydrogen-bond donors (Lipinski definition) is 2. The van der Waals surface area contributed by atoms with Crippen LogP contribution in [0.1, 0.15) is 9.67 Å². The Bertz CT molecular complexity index is 766. The number of hydrogen-bond acceptors (Lipinski definition) is 5. The second-order valence-electron chi connectivity index (χ2n) is 4.52. The number of ether oxygens (including phenoxy) is 2. The molecule has 1 aromatic heterocycles. The zero-order valence-corrected chi connectivity index (χ0v) is 16.0. The molecule has 2 N–H and O–H groups in total. The van der Waals surface area contributed by atoms with Crippen LogP contribution in [0.2, 0.25) is 5.02 Å². The first kappa shape index (κ1) is 18.6. The van der Waals surface area contributed by atoms with E-state index in [-0.39, 0.29) is 12.5 Å². The molecule has 0 saturated carbocycles. The molecule has 2 amide bonds. The van der Waals surface area contributed by atoms with Crippen molar-refractivity contribution in [1.29, 1.82) is 0 Å². The van der Waals surface area contributed by atoms with Gasteiger partial charge in [-0.25, -0.2) is 0 Å². The second-order valence-corrected chi connectivity index (χ2v) is 7.39. The van der Waals surface area contributed by atoms with Crippen LogP contribution in [0.15, 0.2) is 28.1 Å². The monoisotopic (exact) mass is 432 g/mol. The van der Waals surface area contributed by atoms with E-state index in [0.717, 1.165) is 3.79 Å². The van der Waals surface area contributed by atoms with Crippen molar-refractivity contribution in [3.63, 3.8) is 0 Å². The summed E-state index contributed by atoms with van der Waals surface area (Å²) < 4.78 is 11.1. The van der Waals surface area contributed by atoms with Crippen LogP contribution in [-0.2, 0) is 4.79 Å². The van der Waals surface area contributed by atoms with Gasteiger partial charge in [0.15, 0.2) is 0 Å². The highest BCUT2D eigenvalue weighted by Gasteiger charge is 2.14. The number of rotatable bonds is 6. The Morgan fingerprint density at radius 1 is 1.21 bits per heavy atom. The average Bonchev–Trinajstić information content (AvgIpc) is 2.99. The Balaban J connectivity index is 1.99. The summed E-state index contributed by atoms with van der Waals surface area (Å²) in [5, 5.41) is 5.52. The summed E-state index contributed by atoms with van der Waals surface area (Å²) in [4.78, 5) is 24.5. The maximum atomic E-state index is 12.0. The van der Waals surface area contributed by atoms with Crippen LogP contribution in [0.25, 0.3) is 0 Å². The van der Waals surface area contributed by atoms with Crippen molar-refractivity contribution in [1.82, 2.24) is 5.32 Å². The maximum Gasteiger partial charge on any atom is 0.261 e. The van der Waals surface area contributed by atoms with Crippen molar-refractivity contribution in [2.45, 2.75) is 0 Å². The lowest BCUT2D eigenvalue weighted by Gasteiger charge is -2.13. The molecule has 2 rings (SSSR count). The van der Waals surface area contributed by atoms with Crippen LogP contribution >= 0.6 is 38.9 Å². The Morgan fingerprint density at radius 3 is 2.50 bits per heavy atom. The van der Waals surface area contributed by atoms with Crippen molar-refractivity contribution in [2.24, 2.45) is 0 Å². The largest absolute Gasteiger partial charge is 0.495 e. The highest BCUT2D eigenvalue weighted by molar-refractivity contribution is 9.11. The molecule has 1 heterocycles. The molecule has 0 radical (unpaired) electrons. The minimum atomic E-state index is -0.404. The van der Waals surface area contributed by atoms with Crippen molar-refractivity contribution < 1.29 is 19.1 Å². The fourth-order valence-electron chi connectivity index (χ4n) is 1.84. The van der Waals surface area contributed by atoms with Gasteiger partial charge in [-0.1, -0.05) is 11.6 Å². The first-order chi connectivity index (χ1) is 11.4. The summed E-state index contributed by atoms with van der Waals surface area (Å²) in [6.07, 6.45) is 0. The molecule has 6 nitrogen and oxygen atoms in total. The van der Waals surface area contributed by atoms with Gasteiger partial charge in [-0.15, -0.1) is 11.3 Å². The molecule has 0 aliphatic rings. The van der Waals surface area contributed by atoms with E-state index >= 15 is 0 Å². The van der Waals surface area contributed by atoms with Crippen LogP contribution in [0.3, 0.4) is 0 Å². The highest BCUT2D eigenvalue weighted by Crippen LogP contribution is 2.35. The molecule has 0 bridgehead atoms. The number of halogens is 2. The molecule has 0 saturated heterocycles. The number of carbonyl (C=O) groups excluding carboxylic acids is 2. The first-order valence-electron chi connectivity index (χ1n) is 6.69. The minimum absolute atomic E-state index is 0.179. The summed E-state index contributed by atoms with van der Waals surface area (Å²) in [5.41, 5.74) is 0.390. The predicted molar refractivity (Wildman–Crippen MR) is 97.5 cm³/mol. The maximum absolute atomic E-state index is 12.0. The van der Waals surface area contributed by atoms with Crippen molar-refractivity contribution >= 4 is 56.4 Å². The molecule has 0 aliphatic heterocycles. The first-order valence-corrected chi connectivity index (χ1v) is 8.68. The van der Waals surface area contributed by atoms with Gasteiger partial charge in [0, 0.05) is 6.07 Å². The molecule has 9 heteroatoms. The van der Waals surface area contributed by atoms with Crippen LogP contribution < -0.4 is 20.1 Å². The summed E-state index contributed by atoms with van der Waals surface area (Å²) in [7, 11) is 2.95. The molecule has 0 atom stereocenters. The smallest absolute Gasteiger partial charge is 0.261 e. The van der Waals surface area contributed by atoms with E-state index in [1.807, 2.05) is 0 Å². The average molecular weight is 434 g/mol. The quantitative estimate of drug-likeness (QED) is 0.730. The van der Waals surface area contributed by atoms with Crippen molar-refractivity contribution in [2.75, 3.05) is 26.1 Å². The lowest BCUT2D eigenvalue weighted by Crippen LogP contribution is -2.32. The Labute approximate surface area is 156 Å². The number of amides is 2. The number of carbonyl (C=O) groups is 2. The van der Waals surface area contributed by atoms with E-state index in [1.165, 1.54) is 31.6 Å². The molecule has 128 valence electrons. The zero-order valence-electron chi connectivity index (χ0n) is 12.8. The van der Waals surface area contributed by atoms with Gasteiger partial charge in [0.05, 0.1) is 40.1 Å². The number of benzene rings is 1. The normalized spacial score (nSPS) is 10.2. The SMILES string of the molecule is COc1cc(OC)c(NC(=O)CNC(=O)c2ccc(Br)s2)cc1Cl. The van der Waals surface area contributed by atoms with Gasteiger partial charge in [0.25, 0.3) is 5.91 Å². The molecule has 0 spiro atoms. The summed E-state index contributed by atoms with van der Waals surface area (Å²) in [5.74, 6) is 0.111. The van der Waals surface area contributed by atoms with Gasteiger partial charge in [-0.05, 0) is 34.1 Å². The predicted octanol–water partition coefficient (Wildman–Crippen LogP) is 3.55. The summed E-state index contributed by atoms with van der Waals surface area (Å²) in [6.45, 7) is -0.179. The van der Waals surface area contributed by atoms with Gasteiger partial charge in [-0.2, -0.15) is 0 Å². The summed E-state index contributed by atoms with van der Waals surface area (Å²) in [6, 6.07) is 6.53. The molecule has 2 aromatic rings. The van der Waals surface area contributed by atoms with Gasteiger partial charge in [-0.3, -0.25) is 9.59 Å². The number of anilines is 1. The van der Waals surface area contributed by atoms with E-state index in [4.69, 9.17) is 21.1 Å². The number of nitrogens with one attached hydrogen (secondary N) is 2. The molecule has 1 aromatic carbocycles. The van der Waals surface area contributed by atoms with Gasteiger partial charge in [0.1, 0.15) is 11.5 Å². The third-order valence-electron chi connectivity index (χ3n) is 2.95. The molecule has 24 heavy (non-hydrogen) atoms. The number of thiophene rings is 1. The lowest BCUT2D eigenvalue weighted by molar-refractivity contribution is -0.115. The lowest BCUT2D eigenvalue weighted by atomic mass is 10.2. The second kappa shape index (κ2) is 8.36. The van der Waals surface area contributed by atoms with Crippen LogP contribution in [0.5, 0.6) is 11.5 Å². The fourth-order valence-corrected chi connectivity index (χ4v) is 3.38. The molecule has 0 unspecified atom stereocenters. The van der Waals surface area contributed by atoms with Crippen molar-refractivity contribution in [3.8, 4) is 11.5 Å². The Morgan fingerprint density at radius 2 is 1.92 bits per heavy atom. The van der Waals surface area contributed by atoms with Crippen molar-refractivity contribution in [3.05, 3.63) is 38.0 Å². The molecular formula is C15H14BrClN2O4S. The minimum Gasteiger partial charge on any atom is -0.495 e. The molecule has 0 aliphatic carbocycles. The highest BCUT2D eigenvalue weighted by atomic mass is 79.9. The topological polar surface area (TPSA) is 76.7 Å². The van der Waals surface area contributed by atoms with E-state index in [9.17, 15) is 9.59 Å². The Kier molecular flexibility index (Phi) is 6.47. The van der Waals surface area contributed by atoms with Gasteiger partial charge >= 0.3 is 0 Å². The zero-order chi connectivity index (χ0) is 17.7. The van der Waals surface area contributed by atoms with Crippen LogP contribution in [0, 0.1) is 0 Å². The third kappa shape index (κ3) is 4.62. The van der Waals surface area contributed by atoms with Gasteiger partial charge < -0.3 is 20.1 Å². The van der Waals surface area contributed by atoms with Crippen LogP contribution in [0.4, 0.5) is 5.69 Å². The van der Waals surface area contributed by atoms with E-state index < -0.39 is 5.91 Å². The van der Waals surface area contributed by atoms with E-state index in [1.54, 1.807) is 18.2 Å². The van der Waals surface area contributed by atoms with E-state index in [0.29, 0.717) is 27.1 Å². The van der Waals surface area contributed by atoms with E-state index in [2.05, 4.69) is 26.6 Å². The fraction of sp³-hybridized carbons (Fsp3) is 0.200. The standard InChI is InChI=1S/C15H14BrClN2O4S/c1-22-10-6-11(23-2)9(5-8(10)17)19-14(20)7-18-15(21)12-3-4-13(16)24-12/h3-6H,7H2,1-2H3,(H,18,21)(H,19,20). The Hall–Kier alpha value is -1.77. The molecular weight excluding hydrogens is 420 g/mol. The van der Waals surface area contributed by atoms with Crippen LogP contribution in [-0.4, -0.2) is 32.6 Å². The van der Waals surface area contributed by atoms with Gasteiger partial charge in [0.2, 0.25) is 5.91 Å². The number of methoxy groups -OCH3 is 2. The summed E-state index contributed by atoms with van der Waals surface area (Å²) >= 11 is 10.6. The third-order valence-corrected chi connectivity index (χ3v) is 4.87.